The molecule has 1 fully saturated rings. The van der Waals surface area contributed by atoms with Crippen LogP contribution in [0.5, 0.6) is 0 Å². The van der Waals surface area contributed by atoms with Gasteiger partial charge >= 0.3 is 0 Å². The van der Waals surface area contributed by atoms with Crippen LogP contribution in [0.4, 0.5) is 11.4 Å². The van der Waals surface area contributed by atoms with Gasteiger partial charge in [-0.3, -0.25) is 4.79 Å². The van der Waals surface area contributed by atoms with Crippen molar-refractivity contribution in [1.29, 1.82) is 0 Å². The molecule has 1 N–H and O–H groups in total. The first-order valence-corrected chi connectivity index (χ1v) is 8.90. The lowest BCUT2D eigenvalue weighted by Gasteiger charge is -2.38. The molecule has 2 heterocycles. The molecule has 7 heteroatoms. The molecular formula is C16H25Cl2N3OS. The van der Waals surface area contributed by atoms with E-state index in [1.54, 1.807) is 0 Å². The lowest BCUT2D eigenvalue weighted by atomic mass is 10.1. The summed E-state index contributed by atoms with van der Waals surface area (Å²) < 4.78 is 0. The monoisotopic (exact) mass is 377 g/mol. The van der Waals surface area contributed by atoms with Crippen LogP contribution in [0.25, 0.3) is 0 Å². The number of anilines is 2. The number of carbonyl (C=O) groups excluding carboxylic acids is 1. The largest absolute Gasteiger partial charge is 0.368 e. The molecule has 0 spiro atoms. The number of nitrogens with one attached hydrogen (secondary N) is 1. The maximum Gasteiger partial charge on any atom is 0.228 e. The molecule has 130 valence electrons. The average Bonchev–Trinajstić information content (AvgIpc) is 2.54. The van der Waals surface area contributed by atoms with Gasteiger partial charge in [-0.05, 0) is 19.1 Å². The minimum atomic E-state index is 0. The van der Waals surface area contributed by atoms with Crippen molar-refractivity contribution in [2.45, 2.75) is 19.4 Å². The molecule has 0 aliphatic carbocycles. The highest BCUT2D eigenvalue weighted by atomic mass is 35.5. The van der Waals surface area contributed by atoms with Crippen molar-refractivity contribution in [3.05, 3.63) is 24.3 Å². The average molecular weight is 378 g/mol. The highest BCUT2D eigenvalue weighted by Gasteiger charge is 2.27. The van der Waals surface area contributed by atoms with Crippen LogP contribution in [-0.4, -0.2) is 49.6 Å². The Labute approximate surface area is 155 Å². The van der Waals surface area contributed by atoms with Crippen molar-refractivity contribution in [3.63, 3.8) is 0 Å². The fourth-order valence-corrected chi connectivity index (χ4v) is 4.03. The number of likely N-dealkylation sites (N-methyl/N-ethyl adjacent to an activating group) is 1. The van der Waals surface area contributed by atoms with Crippen molar-refractivity contribution in [2.75, 3.05) is 47.5 Å². The predicted octanol–water partition coefficient (Wildman–Crippen LogP) is 2.80. The topological polar surface area (TPSA) is 35.6 Å². The Morgan fingerprint density at radius 1 is 1.26 bits per heavy atom. The van der Waals surface area contributed by atoms with E-state index < -0.39 is 0 Å². The third-order valence-electron chi connectivity index (χ3n) is 4.21. The highest BCUT2D eigenvalue weighted by Crippen LogP contribution is 2.33. The van der Waals surface area contributed by atoms with Crippen LogP contribution in [0.2, 0.25) is 0 Å². The van der Waals surface area contributed by atoms with Gasteiger partial charge in [-0.1, -0.05) is 12.1 Å². The zero-order chi connectivity index (χ0) is 14.7. The van der Waals surface area contributed by atoms with Gasteiger partial charge in [0, 0.05) is 50.1 Å². The summed E-state index contributed by atoms with van der Waals surface area (Å²) in [6, 6.07) is 8.58. The number of halogens is 2. The van der Waals surface area contributed by atoms with Gasteiger partial charge in [0.25, 0.3) is 0 Å². The van der Waals surface area contributed by atoms with Crippen molar-refractivity contribution in [3.8, 4) is 0 Å². The maximum atomic E-state index is 12.7. The molecule has 1 unspecified atom stereocenters. The molecule has 3 rings (SSSR count). The number of hydrogen-bond donors (Lipinski definition) is 1. The molecule has 23 heavy (non-hydrogen) atoms. The molecule has 1 saturated heterocycles. The molecule has 0 bridgehead atoms. The summed E-state index contributed by atoms with van der Waals surface area (Å²) in [5.74, 6) is 2.45. The van der Waals surface area contributed by atoms with Crippen LogP contribution in [-0.2, 0) is 4.79 Å². The van der Waals surface area contributed by atoms with Crippen LogP contribution in [0, 0.1) is 0 Å². The minimum Gasteiger partial charge on any atom is -0.368 e. The number of hydrogen-bond acceptors (Lipinski definition) is 4. The summed E-state index contributed by atoms with van der Waals surface area (Å²) in [5, 5.41) is 3.45. The van der Waals surface area contributed by atoms with Crippen molar-refractivity contribution in [1.82, 2.24) is 5.32 Å². The standard InChI is InChI=1S/C16H23N3OS.2ClH/c1-2-18-8-9-19(15-6-4-3-5-14(15)18)16(20)11-13-12-21-10-7-17-13;;/h3-6,13,17H,2,7-12H2,1H3;2*1H. The van der Waals surface area contributed by atoms with E-state index in [0.29, 0.717) is 12.5 Å². The Morgan fingerprint density at radius 3 is 2.65 bits per heavy atom. The molecule has 1 aromatic carbocycles. The predicted molar refractivity (Wildman–Crippen MR) is 105 cm³/mol. The van der Waals surface area contributed by atoms with Crippen LogP contribution in [0.3, 0.4) is 0 Å². The van der Waals surface area contributed by atoms with Gasteiger partial charge in [0.2, 0.25) is 5.91 Å². The third-order valence-corrected chi connectivity index (χ3v) is 5.34. The van der Waals surface area contributed by atoms with Gasteiger partial charge in [0.05, 0.1) is 11.4 Å². The molecule has 0 aromatic heterocycles. The second-order valence-corrected chi connectivity index (χ2v) is 6.69. The zero-order valence-electron chi connectivity index (χ0n) is 13.4. The number of nitrogens with zero attached hydrogens (tertiary/aromatic N) is 2. The summed E-state index contributed by atoms with van der Waals surface area (Å²) in [7, 11) is 0. The summed E-state index contributed by atoms with van der Waals surface area (Å²) >= 11 is 1.94. The van der Waals surface area contributed by atoms with E-state index in [2.05, 4.69) is 35.3 Å². The third kappa shape index (κ3) is 4.69. The van der Waals surface area contributed by atoms with E-state index >= 15 is 0 Å². The van der Waals surface area contributed by atoms with Crippen LogP contribution in [0.15, 0.2) is 24.3 Å². The van der Waals surface area contributed by atoms with Gasteiger partial charge in [-0.2, -0.15) is 11.8 Å². The maximum absolute atomic E-state index is 12.7. The van der Waals surface area contributed by atoms with Crippen LogP contribution in [0.1, 0.15) is 13.3 Å². The van der Waals surface area contributed by atoms with Gasteiger partial charge in [0.1, 0.15) is 0 Å². The Hall–Kier alpha value is -0.620. The summed E-state index contributed by atoms with van der Waals surface area (Å²) in [6.45, 7) is 5.88. The molecule has 4 nitrogen and oxygen atoms in total. The highest BCUT2D eigenvalue weighted by molar-refractivity contribution is 7.99. The van der Waals surface area contributed by atoms with Gasteiger partial charge < -0.3 is 15.1 Å². The van der Waals surface area contributed by atoms with Crippen molar-refractivity contribution >= 4 is 53.9 Å². The van der Waals surface area contributed by atoms with E-state index in [-0.39, 0.29) is 30.7 Å². The molecule has 1 atom stereocenters. The fraction of sp³-hybridized carbons (Fsp3) is 0.562. The Kier molecular flexibility index (Phi) is 8.54. The number of thioether (sulfide) groups is 1. The fourth-order valence-electron chi connectivity index (χ4n) is 3.08. The minimum absolute atomic E-state index is 0. The normalized spacial score (nSPS) is 20.1. The number of amides is 1. The molecule has 2 aliphatic rings. The Bertz CT molecular complexity index is 512. The van der Waals surface area contributed by atoms with Gasteiger partial charge in [-0.25, -0.2) is 0 Å². The lowest BCUT2D eigenvalue weighted by Crippen LogP contribution is -2.47. The quantitative estimate of drug-likeness (QED) is 0.878. The number of benzene rings is 1. The summed E-state index contributed by atoms with van der Waals surface area (Å²) in [6.07, 6.45) is 0.605. The SMILES string of the molecule is CCN1CCN(C(=O)CC2CSCCN2)c2ccccc21.Cl.Cl. The number of carbonyl (C=O) groups is 1. The molecular weight excluding hydrogens is 353 g/mol. The smallest absolute Gasteiger partial charge is 0.228 e. The van der Waals surface area contributed by atoms with Crippen LogP contribution >= 0.6 is 36.6 Å². The zero-order valence-corrected chi connectivity index (χ0v) is 15.8. The Morgan fingerprint density at radius 2 is 2.00 bits per heavy atom. The first-order valence-electron chi connectivity index (χ1n) is 7.75. The number of para-hydroxylation sites is 2. The second-order valence-electron chi connectivity index (χ2n) is 5.54. The van der Waals surface area contributed by atoms with E-state index in [1.165, 1.54) is 5.69 Å². The summed E-state index contributed by atoms with van der Waals surface area (Å²) in [4.78, 5) is 17.0. The molecule has 1 aromatic rings. The first-order chi connectivity index (χ1) is 10.3. The number of rotatable bonds is 3. The van der Waals surface area contributed by atoms with Crippen LogP contribution < -0.4 is 15.1 Å². The van der Waals surface area contributed by atoms with E-state index in [0.717, 1.165) is 43.4 Å². The van der Waals surface area contributed by atoms with Crippen molar-refractivity contribution in [2.24, 2.45) is 0 Å². The second kappa shape index (κ2) is 9.62. The van der Waals surface area contributed by atoms with E-state index in [9.17, 15) is 4.79 Å². The first kappa shape index (κ1) is 20.4. The van der Waals surface area contributed by atoms with Crippen molar-refractivity contribution < 1.29 is 4.79 Å². The molecule has 0 saturated carbocycles. The summed E-state index contributed by atoms with van der Waals surface area (Å²) in [5.41, 5.74) is 2.25. The molecule has 2 aliphatic heterocycles. The molecule has 1 amide bonds. The van der Waals surface area contributed by atoms with Gasteiger partial charge in [-0.15, -0.1) is 24.8 Å². The lowest BCUT2D eigenvalue weighted by molar-refractivity contribution is -0.119. The number of fused-ring (bicyclic) bond motifs is 1. The van der Waals surface area contributed by atoms with E-state index in [1.807, 2.05) is 22.7 Å². The van der Waals surface area contributed by atoms with Gasteiger partial charge in [0.15, 0.2) is 0 Å². The Balaban J connectivity index is 0.00000132. The van der Waals surface area contributed by atoms with E-state index in [4.69, 9.17) is 0 Å². The molecule has 0 radical (unpaired) electrons.